The molecule has 0 aliphatic heterocycles. The Hall–Kier alpha value is -3.07. The number of phosphoric acid groups is 1. The molecule has 0 aromatic heterocycles. The van der Waals surface area contributed by atoms with Crippen molar-refractivity contribution < 1.29 is 42.1 Å². The summed E-state index contributed by atoms with van der Waals surface area (Å²) in [6.07, 6.45) is 116. The first-order valence-corrected chi connectivity index (χ1v) is 45.5. The van der Waals surface area contributed by atoms with E-state index in [-0.39, 0.29) is 25.6 Å². The van der Waals surface area contributed by atoms with Crippen molar-refractivity contribution in [3.63, 3.8) is 0 Å². The maximum Gasteiger partial charge on any atom is 0.472 e. The van der Waals surface area contributed by atoms with Crippen molar-refractivity contribution in [1.82, 2.24) is 0 Å². The molecule has 0 saturated heterocycles. The van der Waals surface area contributed by atoms with Gasteiger partial charge in [0.1, 0.15) is 19.8 Å². The van der Waals surface area contributed by atoms with Crippen LogP contribution in [-0.4, -0.2) is 74.9 Å². The minimum absolute atomic E-state index is 0.0301. The smallest absolute Gasteiger partial charge is 0.462 e. The fourth-order valence-corrected chi connectivity index (χ4v) is 13.7. The number of phosphoric ester groups is 1. The third-order valence-corrected chi connectivity index (χ3v) is 20.6. The molecule has 2 atom stereocenters. The van der Waals surface area contributed by atoms with Gasteiger partial charge in [0.15, 0.2) is 6.10 Å². The highest BCUT2D eigenvalue weighted by Crippen LogP contribution is 2.43. The van der Waals surface area contributed by atoms with Crippen molar-refractivity contribution in [2.24, 2.45) is 0 Å². The summed E-state index contributed by atoms with van der Waals surface area (Å²) in [5, 5.41) is 0. The maximum atomic E-state index is 12.9. The Morgan fingerprint density at radius 1 is 0.314 bits per heavy atom. The van der Waals surface area contributed by atoms with Crippen molar-refractivity contribution in [2.45, 2.75) is 431 Å². The molecule has 0 fully saturated rings. The van der Waals surface area contributed by atoms with E-state index in [1.807, 2.05) is 21.1 Å². The van der Waals surface area contributed by atoms with Gasteiger partial charge in [-0.2, -0.15) is 0 Å². The van der Waals surface area contributed by atoms with Gasteiger partial charge in [-0.15, -0.1) is 0 Å². The van der Waals surface area contributed by atoms with E-state index in [0.717, 1.165) is 89.9 Å². The van der Waals surface area contributed by atoms with Gasteiger partial charge in [-0.25, -0.2) is 4.57 Å². The number of carbonyl (C=O) groups excluding carboxylic acids is 2. The molecule has 0 aliphatic carbocycles. The zero-order valence-corrected chi connectivity index (χ0v) is 69.0. The summed E-state index contributed by atoms with van der Waals surface area (Å²) in [5.74, 6) is -0.784. The Morgan fingerprint density at radius 3 is 0.833 bits per heavy atom. The van der Waals surface area contributed by atoms with Crippen LogP contribution in [0, 0.1) is 0 Å². The molecule has 10 heteroatoms. The lowest BCUT2D eigenvalue weighted by Crippen LogP contribution is -2.37. The summed E-state index contributed by atoms with van der Waals surface area (Å²) in [6, 6.07) is 0. The van der Waals surface area contributed by atoms with E-state index >= 15 is 0 Å². The standard InChI is InChI=1S/C92H168NO8P/c1-6-8-10-12-14-16-18-20-22-24-26-28-30-32-34-36-38-40-42-44-45-46-47-49-50-52-54-56-58-60-62-64-66-68-70-72-74-76-78-80-82-84-91(94)98-88-90(89-100-102(96,97)99-87-86-93(3,4)5)101-92(95)85-83-81-79-77-75-73-71-69-67-65-63-61-59-57-55-53-51-48-43-41-39-37-35-33-31-29-27-25-23-21-19-17-15-13-11-9-7-2/h9,11,15,17,21,23,27,29,33,35,39,41,48,51,55,57,90H,6-8,10,12-14,16,18-20,22,24-26,28,30-32,34,36-38,40,42-47,49-50,52-54,56,58-89H2,1-5H3/p+1/b11-9-,17-15-,23-21-,29-27-,35-33-,41-39-,51-48-,57-55-. The zero-order valence-electron chi connectivity index (χ0n) is 68.1. The minimum atomic E-state index is -4.40. The summed E-state index contributed by atoms with van der Waals surface area (Å²) in [7, 11) is 1.49. The van der Waals surface area contributed by atoms with Crippen molar-refractivity contribution in [3.05, 3.63) is 97.2 Å². The number of quaternary nitrogens is 1. The molecule has 0 aliphatic rings. The molecule has 2 unspecified atom stereocenters. The van der Waals surface area contributed by atoms with Crippen LogP contribution in [0.5, 0.6) is 0 Å². The number of nitrogens with zero attached hydrogens (tertiary/aromatic N) is 1. The number of esters is 2. The van der Waals surface area contributed by atoms with Crippen LogP contribution in [0.15, 0.2) is 97.2 Å². The van der Waals surface area contributed by atoms with E-state index in [1.165, 1.54) is 302 Å². The second-order valence-corrected chi connectivity index (χ2v) is 32.4. The first-order chi connectivity index (χ1) is 50.0. The Balaban J connectivity index is 3.90. The summed E-state index contributed by atoms with van der Waals surface area (Å²) in [4.78, 5) is 36.0. The van der Waals surface area contributed by atoms with Gasteiger partial charge in [-0.05, 0) is 77.0 Å². The molecule has 1 N–H and O–H groups in total. The molecule has 0 spiro atoms. The largest absolute Gasteiger partial charge is 0.472 e. The molecule has 0 rings (SSSR count). The number of carbonyl (C=O) groups is 2. The van der Waals surface area contributed by atoms with E-state index < -0.39 is 26.5 Å². The van der Waals surface area contributed by atoms with E-state index in [2.05, 4.69) is 111 Å². The third-order valence-electron chi connectivity index (χ3n) is 19.6. The highest BCUT2D eigenvalue weighted by atomic mass is 31.2. The van der Waals surface area contributed by atoms with Crippen LogP contribution >= 0.6 is 7.82 Å². The highest BCUT2D eigenvalue weighted by molar-refractivity contribution is 7.47. The molecular weight excluding hydrogens is 1280 g/mol. The van der Waals surface area contributed by atoms with Gasteiger partial charge in [-0.3, -0.25) is 18.6 Å². The first kappa shape index (κ1) is 98.9. The van der Waals surface area contributed by atoms with Gasteiger partial charge in [0, 0.05) is 12.8 Å². The van der Waals surface area contributed by atoms with E-state index in [1.54, 1.807) is 0 Å². The molecule has 0 saturated carbocycles. The van der Waals surface area contributed by atoms with Crippen molar-refractivity contribution in [2.75, 3.05) is 47.5 Å². The molecule has 102 heavy (non-hydrogen) atoms. The molecular formula is C92H169NO8P+. The Bertz CT molecular complexity index is 2050. The number of allylic oxidation sites excluding steroid dienone is 16. The van der Waals surface area contributed by atoms with Gasteiger partial charge >= 0.3 is 19.8 Å². The summed E-state index contributed by atoms with van der Waals surface area (Å²) in [6.45, 7) is 4.38. The molecule has 0 radical (unpaired) electrons. The summed E-state index contributed by atoms with van der Waals surface area (Å²) in [5.41, 5.74) is 0. The number of hydrogen-bond donors (Lipinski definition) is 1. The van der Waals surface area contributed by atoms with Crippen LogP contribution in [0.4, 0.5) is 0 Å². The second-order valence-electron chi connectivity index (χ2n) is 30.9. The Morgan fingerprint density at radius 2 is 0.559 bits per heavy atom. The molecule has 9 nitrogen and oxygen atoms in total. The predicted molar refractivity (Wildman–Crippen MR) is 445 cm³/mol. The molecule has 0 aromatic rings. The molecule has 0 aromatic carbocycles. The Labute approximate surface area is 634 Å². The number of likely N-dealkylation sites (N-methyl/N-ethyl adjacent to an activating group) is 1. The number of hydrogen-bond acceptors (Lipinski definition) is 7. The maximum absolute atomic E-state index is 12.9. The lowest BCUT2D eigenvalue weighted by atomic mass is 10.0. The van der Waals surface area contributed by atoms with Gasteiger partial charge in [0.25, 0.3) is 0 Å². The number of unbranched alkanes of at least 4 members (excludes halogenated alkanes) is 52. The molecule has 594 valence electrons. The van der Waals surface area contributed by atoms with Crippen molar-refractivity contribution in [1.29, 1.82) is 0 Å². The Kier molecular flexibility index (Phi) is 79.5. The number of ether oxygens (including phenoxy) is 2. The fourth-order valence-electron chi connectivity index (χ4n) is 13.0. The van der Waals surface area contributed by atoms with Gasteiger partial charge < -0.3 is 18.9 Å². The van der Waals surface area contributed by atoms with Gasteiger partial charge in [0.2, 0.25) is 0 Å². The highest BCUT2D eigenvalue weighted by Gasteiger charge is 2.27. The van der Waals surface area contributed by atoms with Crippen LogP contribution in [0.2, 0.25) is 0 Å². The summed E-state index contributed by atoms with van der Waals surface area (Å²) < 4.78 is 34.9. The van der Waals surface area contributed by atoms with Crippen LogP contribution < -0.4 is 0 Å². The van der Waals surface area contributed by atoms with Crippen molar-refractivity contribution in [3.8, 4) is 0 Å². The fraction of sp³-hybridized carbons (Fsp3) is 0.804. The van der Waals surface area contributed by atoms with E-state index in [4.69, 9.17) is 18.5 Å². The second kappa shape index (κ2) is 82.0. The topological polar surface area (TPSA) is 108 Å². The molecule has 0 heterocycles. The van der Waals surface area contributed by atoms with Gasteiger partial charge in [0.05, 0.1) is 27.7 Å². The van der Waals surface area contributed by atoms with Crippen LogP contribution in [0.3, 0.4) is 0 Å². The monoisotopic (exact) mass is 1450 g/mol. The average Bonchev–Trinajstić information content (AvgIpc) is 0.913. The third kappa shape index (κ3) is 85.9. The van der Waals surface area contributed by atoms with Crippen LogP contribution in [-0.2, 0) is 32.7 Å². The van der Waals surface area contributed by atoms with Crippen molar-refractivity contribution >= 4 is 19.8 Å². The van der Waals surface area contributed by atoms with E-state index in [0.29, 0.717) is 23.9 Å². The van der Waals surface area contributed by atoms with Gasteiger partial charge in [-0.1, -0.05) is 432 Å². The SMILES string of the molecule is CC/C=C\C/C=C\C/C=C\C/C=C\C/C=C\C/C=C\C/C=C\C/C=C\CCCCCCCCCCCCCCC(=O)OC(COC(=O)CCCCCCCCCCCCCCCCCCCCCCCCCCCCCCCCCCCCCCCCCCC)COP(=O)(O)OCC[N+](C)(C)C. The average molecular weight is 1450 g/mol. The molecule has 0 bridgehead atoms. The van der Waals surface area contributed by atoms with Crippen LogP contribution in [0.25, 0.3) is 0 Å². The normalized spacial score (nSPS) is 13.4. The van der Waals surface area contributed by atoms with E-state index in [9.17, 15) is 19.0 Å². The summed E-state index contributed by atoms with van der Waals surface area (Å²) >= 11 is 0. The lowest BCUT2D eigenvalue weighted by Gasteiger charge is -2.24. The minimum Gasteiger partial charge on any atom is -0.462 e. The van der Waals surface area contributed by atoms with Crippen LogP contribution in [0.1, 0.15) is 425 Å². The lowest BCUT2D eigenvalue weighted by molar-refractivity contribution is -0.870. The zero-order chi connectivity index (χ0) is 74.0. The molecule has 0 amide bonds. The predicted octanol–water partition coefficient (Wildman–Crippen LogP) is 29.7. The quantitative estimate of drug-likeness (QED) is 0.0211. The number of rotatable bonds is 82. The first-order valence-electron chi connectivity index (χ1n) is 44.0.